The Morgan fingerprint density at radius 3 is 2.67 bits per heavy atom. The van der Waals surface area contributed by atoms with Crippen LogP contribution in [0.5, 0.6) is 5.75 Å². The molecule has 4 aromatic rings. The maximum Gasteiger partial charge on any atom is 0.387 e. The quantitative estimate of drug-likeness (QED) is 0.238. The van der Waals surface area contributed by atoms with Crippen LogP contribution < -0.4 is 15.3 Å². The fraction of sp³-hybridized carbons (Fsp3) is 0.290. The van der Waals surface area contributed by atoms with Crippen molar-refractivity contribution in [3.05, 3.63) is 88.3 Å². The van der Waals surface area contributed by atoms with Crippen molar-refractivity contribution < 1.29 is 18.3 Å². The molecule has 1 atom stereocenters. The number of carbonyl (C=O) groups is 1. The lowest BCUT2D eigenvalue weighted by atomic mass is 10.1. The van der Waals surface area contributed by atoms with Crippen LogP contribution in [-0.2, 0) is 11.2 Å². The number of aryl methyl sites for hydroxylation is 1. The highest BCUT2D eigenvalue weighted by molar-refractivity contribution is 6.33. The van der Waals surface area contributed by atoms with E-state index in [1.807, 2.05) is 36.1 Å². The lowest BCUT2D eigenvalue weighted by Gasteiger charge is -2.40. The lowest BCUT2D eigenvalue weighted by Crippen LogP contribution is -2.54. The summed E-state index contributed by atoms with van der Waals surface area (Å²) in [7, 11) is 0. The van der Waals surface area contributed by atoms with Crippen molar-refractivity contribution in [1.29, 1.82) is 0 Å². The number of anilines is 1. The summed E-state index contributed by atoms with van der Waals surface area (Å²) in [5.74, 6) is 0.213. The van der Waals surface area contributed by atoms with Crippen LogP contribution in [0, 0.1) is 0 Å². The maximum absolute atomic E-state index is 13.9. The first kappa shape index (κ1) is 29.2. The zero-order valence-corrected chi connectivity index (χ0v) is 24.0. The zero-order chi connectivity index (χ0) is 30.0. The highest BCUT2D eigenvalue weighted by Gasteiger charge is 2.30. The number of carbonyl (C=O) groups excluding carboxylic acids is 1. The molecule has 11 heteroatoms. The Morgan fingerprint density at radius 1 is 1.17 bits per heavy atom. The third-order valence-corrected chi connectivity index (χ3v) is 7.56. The van der Waals surface area contributed by atoms with E-state index in [-0.39, 0.29) is 22.7 Å². The normalized spacial score (nSPS) is 15.3. The van der Waals surface area contributed by atoms with Gasteiger partial charge in [-0.05, 0) is 49.2 Å². The largest absolute Gasteiger partial charge is 0.435 e. The Bertz CT molecular complexity index is 1710. The van der Waals surface area contributed by atoms with Gasteiger partial charge < -0.3 is 14.5 Å². The molecule has 0 unspecified atom stereocenters. The van der Waals surface area contributed by atoms with Crippen LogP contribution >= 0.6 is 11.6 Å². The molecule has 0 bridgehead atoms. The second-order valence-corrected chi connectivity index (χ2v) is 10.5. The summed E-state index contributed by atoms with van der Waals surface area (Å²) in [6.07, 6.45) is 2.88. The van der Waals surface area contributed by atoms with E-state index >= 15 is 0 Å². The molecule has 2 aromatic carbocycles. The number of alkyl halides is 2. The average Bonchev–Trinajstić information content (AvgIpc) is 2.97. The Hall–Kier alpha value is -4.31. The van der Waals surface area contributed by atoms with Gasteiger partial charge in [-0.25, -0.2) is 14.3 Å². The van der Waals surface area contributed by atoms with Crippen LogP contribution in [0.1, 0.15) is 25.8 Å². The first-order chi connectivity index (χ1) is 20.2. The minimum atomic E-state index is -2.99. The van der Waals surface area contributed by atoms with E-state index in [0.717, 1.165) is 18.4 Å². The van der Waals surface area contributed by atoms with Gasteiger partial charge in [0.2, 0.25) is 5.91 Å². The highest BCUT2D eigenvalue weighted by atomic mass is 35.5. The van der Waals surface area contributed by atoms with E-state index in [1.54, 1.807) is 23.1 Å². The summed E-state index contributed by atoms with van der Waals surface area (Å²) in [6.45, 7) is 5.89. The third-order valence-electron chi connectivity index (χ3n) is 7.27. The van der Waals surface area contributed by atoms with Crippen molar-refractivity contribution in [1.82, 2.24) is 19.4 Å². The Balaban J connectivity index is 1.74. The first-order valence-corrected chi connectivity index (χ1v) is 14.0. The second kappa shape index (κ2) is 12.3. The van der Waals surface area contributed by atoms with E-state index < -0.39 is 12.3 Å². The number of benzene rings is 2. The van der Waals surface area contributed by atoms with Gasteiger partial charge in [0.15, 0.2) is 5.65 Å². The minimum absolute atomic E-state index is 0.0395. The standard InChI is InChI=1S/C31H30ClF2N5O3/c1-4-9-20-10-6-7-13-25(20)39-29-23(17-24(32)27(35-29)21-11-8-12-22(16-21)42-30(33)34)28(36-31(39)41)38-15-14-37(18-19(38)3)26(40)5-2/h5-8,10-13,16-17,19,30H,2,4,9,14-15,18H2,1,3H3/t19-/m0/s1. The smallest absolute Gasteiger partial charge is 0.387 e. The molecule has 0 saturated carbocycles. The summed E-state index contributed by atoms with van der Waals surface area (Å²) in [6, 6.07) is 15.2. The molecular weight excluding hydrogens is 564 g/mol. The fourth-order valence-corrected chi connectivity index (χ4v) is 5.64. The molecule has 0 aliphatic carbocycles. The molecule has 0 N–H and O–H groups in total. The van der Waals surface area contributed by atoms with Gasteiger partial charge in [0.25, 0.3) is 0 Å². The molecule has 0 spiro atoms. The molecular formula is C31H30ClF2N5O3. The van der Waals surface area contributed by atoms with Gasteiger partial charge in [0.05, 0.1) is 21.8 Å². The van der Waals surface area contributed by atoms with Gasteiger partial charge in [-0.15, -0.1) is 0 Å². The van der Waals surface area contributed by atoms with Crippen molar-refractivity contribution in [3.63, 3.8) is 0 Å². The van der Waals surface area contributed by atoms with Gasteiger partial charge in [-0.1, -0.05) is 61.9 Å². The van der Waals surface area contributed by atoms with Crippen LogP contribution in [0.15, 0.2) is 72.0 Å². The molecule has 42 heavy (non-hydrogen) atoms. The number of nitrogens with zero attached hydrogens (tertiary/aromatic N) is 5. The van der Waals surface area contributed by atoms with E-state index in [4.69, 9.17) is 16.6 Å². The Morgan fingerprint density at radius 2 is 1.95 bits per heavy atom. The third kappa shape index (κ3) is 5.72. The van der Waals surface area contributed by atoms with Gasteiger partial charge >= 0.3 is 12.3 Å². The molecule has 8 nitrogen and oxygen atoms in total. The monoisotopic (exact) mass is 593 g/mol. The van der Waals surface area contributed by atoms with Gasteiger partial charge in [-0.2, -0.15) is 13.8 Å². The summed E-state index contributed by atoms with van der Waals surface area (Å²) < 4.78 is 31.9. The minimum Gasteiger partial charge on any atom is -0.435 e. The van der Waals surface area contributed by atoms with Crippen LogP contribution in [0.25, 0.3) is 28.0 Å². The average molecular weight is 594 g/mol. The van der Waals surface area contributed by atoms with Crippen molar-refractivity contribution in [2.75, 3.05) is 24.5 Å². The van der Waals surface area contributed by atoms with Gasteiger partial charge in [-0.3, -0.25) is 4.79 Å². The zero-order valence-electron chi connectivity index (χ0n) is 23.3. The Labute approximate surface area is 246 Å². The van der Waals surface area contributed by atoms with Gasteiger partial charge in [0, 0.05) is 31.2 Å². The number of amides is 1. The molecule has 1 aliphatic rings. The van der Waals surface area contributed by atoms with Crippen molar-refractivity contribution in [2.24, 2.45) is 0 Å². The molecule has 5 rings (SSSR count). The number of hydrogen-bond donors (Lipinski definition) is 0. The summed E-state index contributed by atoms with van der Waals surface area (Å²) in [5, 5.41) is 0.796. The number of fused-ring (bicyclic) bond motifs is 1. The molecule has 2 aromatic heterocycles. The van der Waals surface area contributed by atoms with Crippen molar-refractivity contribution in [3.8, 4) is 22.7 Å². The number of aromatic nitrogens is 3. The molecule has 1 saturated heterocycles. The van der Waals surface area contributed by atoms with Crippen LogP contribution in [0.4, 0.5) is 14.6 Å². The maximum atomic E-state index is 13.9. The lowest BCUT2D eigenvalue weighted by molar-refractivity contribution is -0.126. The van der Waals surface area contributed by atoms with Crippen LogP contribution in [0.2, 0.25) is 5.02 Å². The molecule has 0 radical (unpaired) electrons. The van der Waals surface area contributed by atoms with E-state index in [0.29, 0.717) is 53.4 Å². The van der Waals surface area contributed by atoms with Crippen LogP contribution in [0.3, 0.4) is 0 Å². The summed E-state index contributed by atoms with van der Waals surface area (Å²) in [4.78, 5) is 39.2. The van der Waals surface area contributed by atoms with Crippen molar-refractivity contribution >= 4 is 34.4 Å². The number of rotatable bonds is 8. The Kier molecular flexibility index (Phi) is 8.54. The predicted octanol–water partition coefficient (Wildman–Crippen LogP) is 5.88. The number of pyridine rings is 1. The first-order valence-electron chi connectivity index (χ1n) is 13.7. The molecule has 1 amide bonds. The van der Waals surface area contributed by atoms with E-state index in [9.17, 15) is 18.4 Å². The van der Waals surface area contributed by atoms with Crippen molar-refractivity contribution in [2.45, 2.75) is 39.3 Å². The number of para-hydroxylation sites is 1. The second-order valence-electron chi connectivity index (χ2n) is 10.1. The number of piperazine rings is 1. The molecule has 1 aliphatic heterocycles. The number of ether oxygens (including phenoxy) is 1. The number of halogens is 3. The fourth-order valence-electron chi connectivity index (χ4n) is 5.37. The van der Waals surface area contributed by atoms with E-state index in [1.165, 1.54) is 22.8 Å². The van der Waals surface area contributed by atoms with E-state index in [2.05, 4.69) is 23.2 Å². The van der Waals surface area contributed by atoms with Crippen LogP contribution in [-0.4, -0.2) is 57.6 Å². The van der Waals surface area contributed by atoms with Gasteiger partial charge in [0.1, 0.15) is 11.6 Å². The SMILES string of the molecule is C=CC(=O)N1CCN(c2nc(=O)n(-c3ccccc3CCC)c3nc(-c4cccc(OC(F)F)c4)c(Cl)cc23)[C@@H](C)C1. The molecule has 1 fully saturated rings. The predicted molar refractivity (Wildman–Crippen MR) is 160 cm³/mol. The molecule has 218 valence electrons. The molecule has 3 heterocycles. The number of hydrogen-bond acceptors (Lipinski definition) is 6. The summed E-state index contributed by atoms with van der Waals surface area (Å²) in [5.41, 5.74) is 2.16. The topological polar surface area (TPSA) is 80.6 Å². The summed E-state index contributed by atoms with van der Waals surface area (Å²) >= 11 is 6.80. The highest BCUT2D eigenvalue weighted by Crippen LogP contribution is 2.35.